The first-order chi connectivity index (χ1) is 7.76. The third-order valence-corrected chi connectivity index (χ3v) is 2.94. The summed E-state index contributed by atoms with van der Waals surface area (Å²) in [6.45, 7) is 7.97. The molecule has 1 aliphatic rings. The highest BCUT2D eigenvalue weighted by atomic mass is 16.5. The molecule has 3 N–H and O–H groups in total. The molecule has 0 aromatic carbocycles. The summed E-state index contributed by atoms with van der Waals surface area (Å²) in [6, 6.07) is 0. The molecule has 1 saturated heterocycles. The Labute approximate surface area is 103 Å². The van der Waals surface area contributed by atoms with Gasteiger partial charge in [-0.25, -0.2) is 0 Å². The summed E-state index contributed by atoms with van der Waals surface area (Å²) < 4.78 is 5.65. The van der Waals surface area contributed by atoms with E-state index in [1.54, 1.807) is 12.2 Å². The van der Waals surface area contributed by atoms with E-state index in [1.807, 2.05) is 27.7 Å². The van der Waals surface area contributed by atoms with Crippen molar-refractivity contribution in [3.05, 3.63) is 12.2 Å². The van der Waals surface area contributed by atoms with E-state index < -0.39 is 30.5 Å². The van der Waals surface area contributed by atoms with Crippen LogP contribution in [0.15, 0.2) is 12.2 Å². The standard InChI is InChI=1S/C13H24O4/c1-5-6-8-10(14)12(16)11(15)9(17-8)7-13(2,3)4/h5-6,8-12,14-16H,7H2,1-4H3/t8-,9-,10-,11-,12+/m1/s1. The van der Waals surface area contributed by atoms with Crippen molar-refractivity contribution in [1.82, 2.24) is 0 Å². The number of ether oxygens (including phenoxy) is 1. The molecule has 5 atom stereocenters. The molecule has 0 unspecified atom stereocenters. The fourth-order valence-corrected chi connectivity index (χ4v) is 2.10. The molecular weight excluding hydrogens is 220 g/mol. The molecule has 0 radical (unpaired) electrons. The lowest BCUT2D eigenvalue weighted by atomic mass is 9.83. The maximum absolute atomic E-state index is 9.90. The number of hydrogen-bond donors (Lipinski definition) is 3. The van der Waals surface area contributed by atoms with Crippen LogP contribution in [0.2, 0.25) is 0 Å². The first-order valence-electron chi connectivity index (χ1n) is 6.09. The lowest BCUT2D eigenvalue weighted by Gasteiger charge is -2.41. The quantitative estimate of drug-likeness (QED) is 0.630. The number of aliphatic hydroxyl groups excluding tert-OH is 3. The molecule has 1 aliphatic heterocycles. The van der Waals surface area contributed by atoms with Crippen LogP contribution in [0.25, 0.3) is 0 Å². The van der Waals surface area contributed by atoms with Gasteiger partial charge in [0.1, 0.15) is 24.4 Å². The molecular formula is C13H24O4. The van der Waals surface area contributed by atoms with Crippen LogP contribution in [0.5, 0.6) is 0 Å². The van der Waals surface area contributed by atoms with Crippen LogP contribution in [-0.4, -0.2) is 45.8 Å². The third kappa shape index (κ3) is 3.78. The van der Waals surface area contributed by atoms with Gasteiger partial charge in [-0.05, 0) is 18.8 Å². The van der Waals surface area contributed by atoms with Gasteiger partial charge in [-0.2, -0.15) is 0 Å². The smallest absolute Gasteiger partial charge is 0.112 e. The van der Waals surface area contributed by atoms with Crippen LogP contribution in [0, 0.1) is 5.41 Å². The topological polar surface area (TPSA) is 69.9 Å². The summed E-state index contributed by atoms with van der Waals surface area (Å²) in [5.41, 5.74) is -0.00582. The number of aliphatic hydroxyl groups is 3. The van der Waals surface area contributed by atoms with Crippen LogP contribution < -0.4 is 0 Å². The molecule has 0 aliphatic carbocycles. The van der Waals surface area contributed by atoms with Crippen LogP contribution in [0.4, 0.5) is 0 Å². The van der Waals surface area contributed by atoms with Gasteiger partial charge in [0, 0.05) is 0 Å². The van der Waals surface area contributed by atoms with Crippen LogP contribution >= 0.6 is 0 Å². The zero-order valence-corrected chi connectivity index (χ0v) is 11.0. The molecule has 0 aromatic rings. The van der Waals surface area contributed by atoms with Gasteiger partial charge in [0.05, 0.1) is 6.10 Å². The molecule has 0 saturated carbocycles. The predicted molar refractivity (Wildman–Crippen MR) is 65.6 cm³/mol. The van der Waals surface area contributed by atoms with Gasteiger partial charge >= 0.3 is 0 Å². The predicted octanol–water partition coefficient (Wildman–Crippen LogP) is 0.849. The summed E-state index contributed by atoms with van der Waals surface area (Å²) in [6.07, 6.45) is -0.158. The van der Waals surface area contributed by atoms with Crippen molar-refractivity contribution >= 4 is 0 Å². The molecule has 1 heterocycles. The van der Waals surface area contributed by atoms with Crippen LogP contribution in [-0.2, 0) is 4.74 Å². The van der Waals surface area contributed by atoms with Crippen molar-refractivity contribution in [1.29, 1.82) is 0 Å². The summed E-state index contributed by atoms with van der Waals surface area (Å²) in [5, 5.41) is 29.5. The van der Waals surface area contributed by atoms with Crippen molar-refractivity contribution in [2.24, 2.45) is 5.41 Å². The highest BCUT2D eigenvalue weighted by molar-refractivity contribution is 5.01. The number of hydrogen-bond acceptors (Lipinski definition) is 4. The van der Waals surface area contributed by atoms with Gasteiger partial charge in [0.2, 0.25) is 0 Å². The highest BCUT2D eigenvalue weighted by Gasteiger charge is 2.43. The van der Waals surface area contributed by atoms with Crippen molar-refractivity contribution in [3.63, 3.8) is 0 Å². The Morgan fingerprint density at radius 1 is 1.06 bits per heavy atom. The Balaban J connectivity index is 2.78. The lowest BCUT2D eigenvalue weighted by molar-refractivity contribution is -0.215. The first-order valence-corrected chi connectivity index (χ1v) is 6.09. The minimum Gasteiger partial charge on any atom is -0.388 e. The highest BCUT2D eigenvalue weighted by Crippen LogP contribution is 2.30. The van der Waals surface area contributed by atoms with E-state index in [1.165, 1.54) is 0 Å². The lowest BCUT2D eigenvalue weighted by Crippen LogP contribution is -2.57. The summed E-state index contributed by atoms with van der Waals surface area (Å²) in [4.78, 5) is 0. The van der Waals surface area contributed by atoms with E-state index >= 15 is 0 Å². The summed E-state index contributed by atoms with van der Waals surface area (Å²) in [7, 11) is 0. The fraction of sp³-hybridized carbons (Fsp3) is 0.846. The van der Waals surface area contributed by atoms with Crippen molar-refractivity contribution in [3.8, 4) is 0 Å². The van der Waals surface area contributed by atoms with Gasteiger partial charge in [-0.15, -0.1) is 0 Å². The average Bonchev–Trinajstić information content (AvgIpc) is 2.20. The van der Waals surface area contributed by atoms with E-state index in [-0.39, 0.29) is 5.41 Å². The van der Waals surface area contributed by atoms with Crippen molar-refractivity contribution in [2.45, 2.75) is 64.6 Å². The van der Waals surface area contributed by atoms with Gasteiger partial charge in [0.15, 0.2) is 0 Å². The molecule has 100 valence electrons. The van der Waals surface area contributed by atoms with Crippen molar-refractivity contribution < 1.29 is 20.1 Å². The van der Waals surface area contributed by atoms with E-state index in [9.17, 15) is 15.3 Å². The zero-order chi connectivity index (χ0) is 13.2. The second-order valence-corrected chi connectivity index (χ2v) is 5.90. The maximum atomic E-state index is 9.90. The molecule has 4 nitrogen and oxygen atoms in total. The largest absolute Gasteiger partial charge is 0.388 e. The Hall–Kier alpha value is -0.420. The number of allylic oxidation sites excluding steroid dienone is 1. The minimum absolute atomic E-state index is 0.00582. The second-order valence-electron chi connectivity index (χ2n) is 5.90. The minimum atomic E-state index is -1.16. The average molecular weight is 244 g/mol. The molecule has 4 heteroatoms. The molecule has 0 amide bonds. The molecule has 17 heavy (non-hydrogen) atoms. The summed E-state index contributed by atoms with van der Waals surface area (Å²) >= 11 is 0. The Kier molecular flexibility index (Phi) is 4.72. The van der Waals surface area contributed by atoms with E-state index in [4.69, 9.17) is 4.74 Å². The number of rotatable bonds is 2. The maximum Gasteiger partial charge on any atom is 0.112 e. The van der Waals surface area contributed by atoms with Crippen molar-refractivity contribution in [2.75, 3.05) is 0 Å². The SMILES string of the molecule is CC=C[C@H]1O[C@H](CC(C)(C)C)[C@@H](O)[C@@H](O)[C@@H]1O. The first kappa shape index (κ1) is 14.6. The summed E-state index contributed by atoms with van der Waals surface area (Å²) in [5.74, 6) is 0. The molecule has 0 spiro atoms. The van der Waals surface area contributed by atoms with Gasteiger partial charge in [0.25, 0.3) is 0 Å². The molecule has 0 bridgehead atoms. The normalized spacial score (nSPS) is 39.8. The molecule has 1 fully saturated rings. The monoisotopic (exact) mass is 244 g/mol. The molecule has 0 aromatic heterocycles. The van der Waals surface area contributed by atoms with E-state index in [0.717, 1.165) is 0 Å². The second kappa shape index (κ2) is 5.48. The fourth-order valence-electron chi connectivity index (χ4n) is 2.10. The van der Waals surface area contributed by atoms with E-state index in [2.05, 4.69) is 0 Å². The van der Waals surface area contributed by atoms with Crippen LogP contribution in [0.3, 0.4) is 0 Å². The Morgan fingerprint density at radius 2 is 1.65 bits per heavy atom. The van der Waals surface area contributed by atoms with Gasteiger partial charge in [-0.3, -0.25) is 0 Å². The van der Waals surface area contributed by atoms with Gasteiger partial charge < -0.3 is 20.1 Å². The molecule has 1 rings (SSSR count). The van der Waals surface area contributed by atoms with Crippen LogP contribution in [0.1, 0.15) is 34.1 Å². The third-order valence-electron chi connectivity index (χ3n) is 2.94. The Morgan fingerprint density at radius 3 is 2.12 bits per heavy atom. The van der Waals surface area contributed by atoms with E-state index in [0.29, 0.717) is 6.42 Å². The zero-order valence-electron chi connectivity index (χ0n) is 11.0. The van der Waals surface area contributed by atoms with Gasteiger partial charge in [-0.1, -0.05) is 32.9 Å². The Bertz CT molecular complexity index is 269.